The van der Waals surface area contributed by atoms with Gasteiger partial charge in [-0.3, -0.25) is 4.79 Å². The maximum absolute atomic E-state index is 11.8. The van der Waals surface area contributed by atoms with Crippen LogP contribution in [-0.2, 0) is 9.53 Å². The number of halogens is 2. The molecule has 0 radical (unpaired) electrons. The summed E-state index contributed by atoms with van der Waals surface area (Å²) in [6, 6.07) is 5.86. The highest BCUT2D eigenvalue weighted by molar-refractivity contribution is 7.22. The van der Waals surface area contributed by atoms with Crippen molar-refractivity contribution < 1.29 is 9.53 Å². The molecule has 1 saturated heterocycles. The zero-order valence-electron chi connectivity index (χ0n) is 13.4. The first-order valence-electron chi connectivity index (χ1n) is 7.44. The van der Waals surface area contributed by atoms with Gasteiger partial charge >= 0.3 is 0 Å². The fraction of sp³-hybridized carbons (Fsp3) is 0.467. The van der Waals surface area contributed by atoms with Gasteiger partial charge in [0.05, 0.1) is 23.4 Å². The summed E-state index contributed by atoms with van der Waals surface area (Å²) in [6.07, 6.45) is 0.469. The number of aromatic nitrogens is 1. The number of carbonyl (C=O) groups is 1. The van der Waals surface area contributed by atoms with Gasteiger partial charge in [0.1, 0.15) is 0 Å². The SMILES string of the molecule is CNCCC(=O)Nc1ccc2nc(N3CCOCC3)sc2c1.Cl.Cl. The number of anilines is 2. The number of benzene rings is 1. The average Bonchev–Trinajstić information content (AvgIpc) is 2.97. The molecule has 1 aromatic heterocycles. The molecule has 24 heavy (non-hydrogen) atoms. The fourth-order valence-electron chi connectivity index (χ4n) is 2.34. The second-order valence-corrected chi connectivity index (χ2v) is 6.19. The van der Waals surface area contributed by atoms with Crippen molar-refractivity contribution in [3.63, 3.8) is 0 Å². The predicted octanol–water partition coefficient (Wildman–Crippen LogP) is 2.52. The molecule has 0 saturated carbocycles. The minimum Gasteiger partial charge on any atom is -0.378 e. The molecule has 1 aliphatic rings. The number of hydrogen-bond acceptors (Lipinski definition) is 6. The summed E-state index contributed by atoms with van der Waals surface area (Å²) in [6.45, 7) is 3.95. The molecule has 1 amide bonds. The smallest absolute Gasteiger partial charge is 0.225 e. The highest BCUT2D eigenvalue weighted by atomic mass is 35.5. The summed E-state index contributed by atoms with van der Waals surface area (Å²) in [5, 5.41) is 6.92. The van der Waals surface area contributed by atoms with Crippen molar-refractivity contribution in [2.45, 2.75) is 6.42 Å². The van der Waals surface area contributed by atoms with Gasteiger partial charge in [-0.15, -0.1) is 24.8 Å². The second-order valence-electron chi connectivity index (χ2n) is 5.18. The van der Waals surface area contributed by atoms with Gasteiger partial charge in [-0.1, -0.05) is 11.3 Å². The highest BCUT2D eigenvalue weighted by Gasteiger charge is 2.15. The molecule has 9 heteroatoms. The number of carbonyl (C=O) groups excluding carboxylic acids is 1. The van der Waals surface area contributed by atoms with Crippen LogP contribution in [0.5, 0.6) is 0 Å². The lowest BCUT2D eigenvalue weighted by Gasteiger charge is -2.25. The minimum absolute atomic E-state index is 0. The maximum Gasteiger partial charge on any atom is 0.225 e. The number of fused-ring (bicyclic) bond motifs is 1. The molecule has 1 aromatic carbocycles. The van der Waals surface area contributed by atoms with Crippen molar-refractivity contribution in [2.24, 2.45) is 0 Å². The largest absolute Gasteiger partial charge is 0.378 e. The van der Waals surface area contributed by atoms with E-state index in [2.05, 4.69) is 20.5 Å². The van der Waals surface area contributed by atoms with Gasteiger partial charge in [-0.25, -0.2) is 4.98 Å². The quantitative estimate of drug-likeness (QED) is 0.817. The monoisotopic (exact) mass is 392 g/mol. The van der Waals surface area contributed by atoms with E-state index < -0.39 is 0 Å². The summed E-state index contributed by atoms with van der Waals surface area (Å²) in [5.74, 6) is 0.0200. The standard InChI is InChI=1S/C15H20N4O2S.2ClH/c1-16-5-4-14(20)17-11-2-3-12-13(10-11)22-15(18-12)19-6-8-21-9-7-19;;/h2-3,10,16H,4-9H2,1H3,(H,17,20);2*1H. The molecule has 0 atom stereocenters. The summed E-state index contributed by atoms with van der Waals surface area (Å²) < 4.78 is 6.46. The van der Waals surface area contributed by atoms with Crippen molar-refractivity contribution >= 4 is 63.1 Å². The number of thiazole rings is 1. The van der Waals surface area contributed by atoms with Crippen LogP contribution in [0, 0.1) is 0 Å². The Morgan fingerprint density at radius 1 is 1.33 bits per heavy atom. The Morgan fingerprint density at radius 2 is 2.08 bits per heavy atom. The van der Waals surface area contributed by atoms with Crippen LogP contribution in [0.3, 0.4) is 0 Å². The van der Waals surface area contributed by atoms with Crippen molar-refractivity contribution in [1.82, 2.24) is 10.3 Å². The molecule has 2 aromatic rings. The molecule has 0 bridgehead atoms. The number of amides is 1. The molecule has 3 rings (SSSR count). The number of morpholine rings is 1. The normalized spacial score (nSPS) is 14.0. The van der Waals surface area contributed by atoms with Crippen molar-refractivity contribution in [1.29, 1.82) is 0 Å². The number of ether oxygens (including phenoxy) is 1. The average molecular weight is 393 g/mol. The van der Waals surface area contributed by atoms with Crippen LogP contribution in [0.25, 0.3) is 10.2 Å². The molecule has 2 heterocycles. The summed E-state index contributed by atoms with van der Waals surface area (Å²) >= 11 is 1.66. The van der Waals surface area contributed by atoms with E-state index in [4.69, 9.17) is 4.74 Å². The lowest BCUT2D eigenvalue weighted by Crippen LogP contribution is -2.36. The van der Waals surface area contributed by atoms with E-state index in [1.165, 1.54) is 0 Å². The Labute approximate surface area is 157 Å². The predicted molar refractivity (Wildman–Crippen MR) is 104 cm³/mol. The number of rotatable bonds is 5. The topological polar surface area (TPSA) is 66.5 Å². The van der Waals surface area contributed by atoms with Gasteiger partial charge in [-0.05, 0) is 25.2 Å². The molecule has 0 spiro atoms. The van der Waals surface area contributed by atoms with E-state index in [-0.39, 0.29) is 30.7 Å². The summed E-state index contributed by atoms with van der Waals surface area (Å²) in [4.78, 5) is 18.7. The Bertz CT molecular complexity index is 662. The number of nitrogens with one attached hydrogen (secondary N) is 2. The molecule has 1 fully saturated rings. The van der Waals surface area contributed by atoms with E-state index >= 15 is 0 Å². The molecule has 134 valence electrons. The van der Waals surface area contributed by atoms with E-state index in [0.29, 0.717) is 13.0 Å². The minimum atomic E-state index is 0. The Hall–Kier alpha value is -1.12. The van der Waals surface area contributed by atoms with Crippen LogP contribution in [-0.4, -0.2) is 50.8 Å². The highest BCUT2D eigenvalue weighted by Crippen LogP contribution is 2.31. The molecular weight excluding hydrogens is 371 g/mol. The Kier molecular flexibility index (Phi) is 8.72. The zero-order chi connectivity index (χ0) is 15.4. The third-order valence-corrected chi connectivity index (χ3v) is 4.62. The summed E-state index contributed by atoms with van der Waals surface area (Å²) in [5.41, 5.74) is 1.80. The van der Waals surface area contributed by atoms with Gasteiger partial charge in [-0.2, -0.15) is 0 Å². The maximum atomic E-state index is 11.8. The molecule has 6 nitrogen and oxygen atoms in total. The third-order valence-electron chi connectivity index (χ3n) is 3.54. The van der Waals surface area contributed by atoms with Crippen molar-refractivity contribution in [3.8, 4) is 0 Å². The van der Waals surface area contributed by atoms with E-state index in [1.54, 1.807) is 11.3 Å². The van der Waals surface area contributed by atoms with Crippen LogP contribution < -0.4 is 15.5 Å². The van der Waals surface area contributed by atoms with Gasteiger partial charge in [0.15, 0.2) is 5.13 Å². The van der Waals surface area contributed by atoms with Crippen LogP contribution in [0.4, 0.5) is 10.8 Å². The van der Waals surface area contributed by atoms with Crippen molar-refractivity contribution in [3.05, 3.63) is 18.2 Å². The van der Waals surface area contributed by atoms with E-state index in [0.717, 1.165) is 47.3 Å². The lowest BCUT2D eigenvalue weighted by atomic mass is 10.3. The first kappa shape index (κ1) is 20.9. The molecule has 0 unspecified atom stereocenters. The van der Waals surface area contributed by atoms with Crippen molar-refractivity contribution in [2.75, 3.05) is 50.1 Å². The van der Waals surface area contributed by atoms with Gasteiger partial charge in [0, 0.05) is 31.7 Å². The third kappa shape index (κ3) is 5.19. The first-order valence-corrected chi connectivity index (χ1v) is 8.25. The van der Waals surface area contributed by atoms with Crippen LogP contribution in [0.15, 0.2) is 18.2 Å². The summed E-state index contributed by atoms with van der Waals surface area (Å²) in [7, 11) is 1.84. The molecule has 1 aliphatic heterocycles. The zero-order valence-corrected chi connectivity index (χ0v) is 15.9. The first-order chi connectivity index (χ1) is 10.8. The fourth-order valence-corrected chi connectivity index (χ4v) is 3.40. The second kappa shape index (κ2) is 10.0. The Balaban J connectivity index is 0.00000144. The van der Waals surface area contributed by atoms with Gasteiger partial charge in [0.2, 0.25) is 5.91 Å². The van der Waals surface area contributed by atoms with Crippen LogP contribution in [0.2, 0.25) is 0 Å². The lowest BCUT2D eigenvalue weighted by molar-refractivity contribution is -0.116. The number of hydrogen-bond donors (Lipinski definition) is 2. The van der Waals surface area contributed by atoms with E-state index in [9.17, 15) is 4.79 Å². The Morgan fingerprint density at radius 3 is 2.79 bits per heavy atom. The van der Waals surface area contributed by atoms with Crippen LogP contribution >= 0.6 is 36.2 Å². The van der Waals surface area contributed by atoms with Crippen LogP contribution in [0.1, 0.15) is 6.42 Å². The molecule has 0 aliphatic carbocycles. The molecular formula is C15H22Cl2N4O2S. The van der Waals surface area contributed by atoms with Gasteiger partial charge < -0.3 is 20.3 Å². The number of nitrogens with zero attached hydrogens (tertiary/aromatic N) is 2. The van der Waals surface area contributed by atoms with Gasteiger partial charge in [0.25, 0.3) is 0 Å². The molecule has 2 N–H and O–H groups in total. The van der Waals surface area contributed by atoms with E-state index in [1.807, 2.05) is 25.2 Å².